The average molecular weight is 196 g/mol. The van der Waals surface area contributed by atoms with E-state index in [1.807, 2.05) is 0 Å². The highest BCUT2D eigenvalue weighted by molar-refractivity contribution is 5.79. The fraction of sp³-hybridized carbons (Fsp3) is 0.143. The molecule has 0 aliphatic heterocycles. The standard InChI is InChI=1S/C7H8N4O3/c8-6(12)4-10-7-5(11(13)14)2-1-3-9-7/h1-3H,4H2,(H2,8,12)(H,9,10). The number of nitrogens with two attached hydrogens (primary N) is 1. The van der Waals surface area contributed by atoms with Crippen molar-refractivity contribution in [3.63, 3.8) is 0 Å². The number of anilines is 1. The lowest BCUT2D eigenvalue weighted by Gasteiger charge is -2.02. The summed E-state index contributed by atoms with van der Waals surface area (Å²) in [6.45, 7) is -0.183. The highest BCUT2D eigenvalue weighted by atomic mass is 16.6. The van der Waals surface area contributed by atoms with Gasteiger partial charge in [-0.3, -0.25) is 14.9 Å². The molecule has 1 aromatic rings. The van der Waals surface area contributed by atoms with Crippen LogP contribution in [0.1, 0.15) is 0 Å². The molecule has 14 heavy (non-hydrogen) atoms. The maximum Gasteiger partial charge on any atom is 0.311 e. The van der Waals surface area contributed by atoms with Crippen molar-refractivity contribution in [1.82, 2.24) is 4.98 Å². The van der Waals surface area contributed by atoms with Gasteiger partial charge in [-0.15, -0.1) is 0 Å². The van der Waals surface area contributed by atoms with Crippen LogP contribution in [0.4, 0.5) is 11.5 Å². The Labute approximate surface area is 79.1 Å². The van der Waals surface area contributed by atoms with Crippen molar-refractivity contribution in [2.45, 2.75) is 0 Å². The third-order valence-corrected chi connectivity index (χ3v) is 1.41. The van der Waals surface area contributed by atoms with Gasteiger partial charge in [-0.2, -0.15) is 0 Å². The van der Waals surface area contributed by atoms with E-state index in [9.17, 15) is 14.9 Å². The molecule has 0 saturated carbocycles. The van der Waals surface area contributed by atoms with Crippen LogP contribution in [0.2, 0.25) is 0 Å². The lowest BCUT2D eigenvalue weighted by molar-refractivity contribution is -0.384. The van der Waals surface area contributed by atoms with Crippen molar-refractivity contribution in [3.8, 4) is 0 Å². The number of nitrogens with zero attached hydrogens (tertiary/aromatic N) is 2. The van der Waals surface area contributed by atoms with Gasteiger partial charge in [0.15, 0.2) is 0 Å². The van der Waals surface area contributed by atoms with Crippen LogP contribution in [0.5, 0.6) is 0 Å². The highest BCUT2D eigenvalue weighted by Crippen LogP contribution is 2.19. The molecule has 1 amide bonds. The molecule has 74 valence electrons. The summed E-state index contributed by atoms with van der Waals surface area (Å²) >= 11 is 0. The molecule has 0 atom stereocenters. The maximum atomic E-state index is 10.5. The minimum Gasteiger partial charge on any atom is -0.368 e. The van der Waals surface area contributed by atoms with Crippen molar-refractivity contribution in [3.05, 3.63) is 28.4 Å². The van der Waals surface area contributed by atoms with E-state index >= 15 is 0 Å². The first-order chi connectivity index (χ1) is 6.61. The normalized spacial score (nSPS) is 9.43. The summed E-state index contributed by atoms with van der Waals surface area (Å²) in [5, 5.41) is 12.9. The molecule has 0 saturated heterocycles. The molecule has 3 N–H and O–H groups in total. The number of amides is 1. The van der Waals surface area contributed by atoms with Gasteiger partial charge in [-0.25, -0.2) is 4.98 Å². The first kappa shape index (κ1) is 9.90. The van der Waals surface area contributed by atoms with Crippen LogP contribution in [0.15, 0.2) is 18.3 Å². The Bertz CT molecular complexity index is 366. The molecular formula is C7H8N4O3. The first-order valence-electron chi connectivity index (χ1n) is 3.73. The summed E-state index contributed by atoms with van der Waals surface area (Å²) in [4.78, 5) is 24.0. The summed E-state index contributed by atoms with van der Waals surface area (Å²) in [6.07, 6.45) is 1.39. The molecule has 0 fully saturated rings. The second-order valence-corrected chi connectivity index (χ2v) is 2.45. The van der Waals surface area contributed by atoms with Gasteiger partial charge in [0.05, 0.1) is 11.5 Å². The predicted molar refractivity (Wildman–Crippen MR) is 48.6 cm³/mol. The van der Waals surface area contributed by atoms with E-state index in [4.69, 9.17) is 5.73 Å². The smallest absolute Gasteiger partial charge is 0.311 e. The lowest BCUT2D eigenvalue weighted by atomic mass is 10.4. The fourth-order valence-corrected chi connectivity index (χ4v) is 0.851. The molecule has 0 aliphatic rings. The fourth-order valence-electron chi connectivity index (χ4n) is 0.851. The van der Waals surface area contributed by atoms with Gasteiger partial charge in [0.25, 0.3) is 0 Å². The van der Waals surface area contributed by atoms with Crippen LogP contribution in [-0.4, -0.2) is 22.4 Å². The highest BCUT2D eigenvalue weighted by Gasteiger charge is 2.13. The van der Waals surface area contributed by atoms with Crippen molar-refractivity contribution in [1.29, 1.82) is 0 Å². The summed E-state index contributed by atoms with van der Waals surface area (Å²) in [5.74, 6) is -0.568. The zero-order valence-corrected chi connectivity index (χ0v) is 7.14. The van der Waals surface area contributed by atoms with E-state index in [0.29, 0.717) is 0 Å². The van der Waals surface area contributed by atoms with Crippen molar-refractivity contribution in [2.75, 3.05) is 11.9 Å². The number of carbonyl (C=O) groups excluding carboxylic acids is 1. The number of carbonyl (C=O) groups is 1. The number of aromatic nitrogens is 1. The van der Waals surface area contributed by atoms with Crippen LogP contribution in [0.3, 0.4) is 0 Å². The molecule has 1 aromatic heterocycles. The van der Waals surface area contributed by atoms with Crippen LogP contribution < -0.4 is 11.1 Å². The molecule has 0 aliphatic carbocycles. The number of hydrogen-bond acceptors (Lipinski definition) is 5. The van der Waals surface area contributed by atoms with Gasteiger partial charge in [-0.05, 0) is 6.07 Å². The first-order valence-corrected chi connectivity index (χ1v) is 3.73. The zero-order valence-electron chi connectivity index (χ0n) is 7.14. The molecule has 0 bridgehead atoms. The Morgan fingerprint density at radius 3 is 3.00 bits per heavy atom. The monoisotopic (exact) mass is 196 g/mol. The number of primary amides is 1. The van der Waals surface area contributed by atoms with Gasteiger partial charge in [-0.1, -0.05) is 0 Å². The summed E-state index contributed by atoms with van der Waals surface area (Å²) in [6, 6.07) is 2.73. The van der Waals surface area contributed by atoms with Crippen molar-refractivity contribution in [2.24, 2.45) is 5.73 Å². The summed E-state index contributed by atoms with van der Waals surface area (Å²) < 4.78 is 0. The number of hydrogen-bond donors (Lipinski definition) is 2. The number of nitro groups is 1. The second kappa shape index (κ2) is 4.17. The van der Waals surface area contributed by atoms with Crippen molar-refractivity contribution >= 4 is 17.4 Å². The molecule has 7 heteroatoms. The SMILES string of the molecule is NC(=O)CNc1ncccc1[N+](=O)[O-]. The molecular weight excluding hydrogens is 188 g/mol. The van der Waals surface area contributed by atoms with Crippen LogP contribution >= 0.6 is 0 Å². The zero-order chi connectivity index (χ0) is 10.6. The molecule has 0 unspecified atom stereocenters. The van der Waals surface area contributed by atoms with E-state index in [2.05, 4.69) is 10.3 Å². The van der Waals surface area contributed by atoms with Crippen molar-refractivity contribution < 1.29 is 9.72 Å². The molecule has 1 heterocycles. The van der Waals surface area contributed by atoms with Gasteiger partial charge in [0.1, 0.15) is 0 Å². The Morgan fingerprint density at radius 2 is 2.43 bits per heavy atom. The Kier molecular flexibility index (Phi) is 2.95. The quantitative estimate of drug-likeness (QED) is 0.515. The van der Waals surface area contributed by atoms with Gasteiger partial charge < -0.3 is 11.1 Å². The Morgan fingerprint density at radius 1 is 1.71 bits per heavy atom. The number of nitrogens with one attached hydrogen (secondary N) is 1. The molecule has 0 spiro atoms. The minimum atomic E-state index is -0.607. The third-order valence-electron chi connectivity index (χ3n) is 1.41. The topological polar surface area (TPSA) is 111 Å². The average Bonchev–Trinajstić information content (AvgIpc) is 2.15. The third kappa shape index (κ3) is 2.41. The molecule has 7 nitrogen and oxygen atoms in total. The minimum absolute atomic E-state index is 0.0382. The molecule has 0 aromatic carbocycles. The van der Waals surface area contributed by atoms with Crippen LogP contribution in [0.25, 0.3) is 0 Å². The van der Waals surface area contributed by atoms with E-state index < -0.39 is 10.8 Å². The van der Waals surface area contributed by atoms with E-state index in [0.717, 1.165) is 0 Å². The molecule has 0 radical (unpaired) electrons. The van der Waals surface area contributed by atoms with E-state index in [1.54, 1.807) is 0 Å². The van der Waals surface area contributed by atoms with Crippen LogP contribution in [-0.2, 0) is 4.79 Å². The number of pyridine rings is 1. The van der Waals surface area contributed by atoms with E-state index in [-0.39, 0.29) is 18.1 Å². The molecule has 1 rings (SSSR count). The van der Waals surface area contributed by atoms with Gasteiger partial charge >= 0.3 is 5.69 Å². The van der Waals surface area contributed by atoms with Gasteiger partial charge in [0, 0.05) is 12.3 Å². The lowest BCUT2D eigenvalue weighted by Crippen LogP contribution is -2.22. The van der Waals surface area contributed by atoms with Crippen LogP contribution in [0, 0.1) is 10.1 Å². The summed E-state index contributed by atoms with van der Waals surface area (Å²) in [7, 11) is 0. The maximum absolute atomic E-state index is 10.5. The Hall–Kier alpha value is -2.18. The van der Waals surface area contributed by atoms with E-state index in [1.165, 1.54) is 18.3 Å². The predicted octanol–water partition coefficient (Wildman–Crippen LogP) is -0.113. The number of rotatable bonds is 4. The second-order valence-electron chi connectivity index (χ2n) is 2.45. The Balaban J connectivity index is 2.84. The van der Waals surface area contributed by atoms with Gasteiger partial charge in [0.2, 0.25) is 11.7 Å². The largest absolute Gasteiger partial charge is 0.368 e. The summed E-state index contributed by atoms with van der Waals surface area (Å²) in [5.41, 5.74) is 4.68.